The quantitative estimate of drug-likeness (QED) is 0.498. The van der Waals surface area contributed by atoms with Gasteiger partial charge < -0.3 is 19.2 Å². The van der Waals surface area contributed by atoms with Crippen molar-refractivity contribution in [1.82, 2.24) is 9.97 Å². The lowest BCUT2D eigenvalue weighted by atomic mass is 10.0. The molecule has 4 aromatic rings. The van der Waals surface area contributed by atoms with E-state index in [4.69, 9.17) is 14.1 Å². The Kier molecular flexibility index (Phi) is 5.23. The molecule has 156 valence electrons. The number of thiazole rings is 1. The first-order valence-corrected chi connectivity index (χ1v) is 10.7. The number of aliphatic carboxylic acids is 1. The maximum absolute atomic E-state index is 11.4. The zero-order valence-corrected chi connectivity index (χ0v) is 17.3. The van der Waals surface area contributed by atoms with E-state index < -0.39 is 12.1 Å². The summed E-state index contributed by atoms with van der Waals surface area (Å²) in [5.41, 5.74) is 3.86. The van der Waals surface area contributed by atoms with Gasteiger partial charge in [0.25, 0.3) is 0 Å². The van der Waals surface area contributed by atoms with Crippen molar-refractivity contribution in [3.63, 3.8) is 0 Å². The van der Waals surface area contributed by atoms with Crippen molar-refractivity contribution in [3.05, 3.63) is 67.2 Å². The van der Waals surface area contributed by atoms with E-state index in [-0.39, 0.29) is 6.54 Å². The third kappa shape index (κ3) is 3.95. The average molecular weight is 433 g/mol. The molecule has 3 heterocycles. The average Bonchev–Trinajstić information content (AvgIpc) is 3.51. The molecular weight excluding hydrogens is 414 g/mol. The Balaban J connectivity index is 1.53. The second-order valence-electron chi connectivity index (χ2n) is 7.13. The largest absolute Gasteiger partial charge is 0.479 e. The number of ether oxygens (including phenoxy) is 1. The number of rotatable bonds is 5. The van der Waals surface area contributed by atoms with Crippen LogP contribution in [0.4, 0.5) is 5.13 Å². The summed E-state index contributed by atoms with van der Waals surface area (Å²) in [6.45, 7) is 1.24. The van der Waals surface area contributed by atoms with E-state index in [9.17, 15) is 9.90 Å². The second-order valence-corrected chi connectivity index (χ2v) is 8.10. The Morgan fingerprint density at radius 2 is 1.84 bits per heavy atom. The molecule has 1 aliphatic rings. The number of benzene rings is 2. The number of carbonyl (C=O) groups is 1. The lowest BCUT2D eigenvalue weighted by Crippen LogP contribution is -2.46. The zero-order chi connectivity index (χ0) is 21.2. The molecule has 1 fully saturated rings. The lowest BCUT2D eigenvalue weighted by molar-refractivity contribution is -0.150. The number of aromatic nitrogens is 2. The second kappa shape index (κ2) is 8.33. The molecule has 8 heteroatoms. The van der Waals surface area contributed by atoms with Gasteiger partial charge in [0.2, 0.25) is 0 Å². The van der Waals surface area contributed by atoms with Crippen molar-refractivity contribution in [2.24, 2.45) is 0 Å². The maximum Gasteiger partial charge on any atom is 0.334 e. The van der Waals surface area contributed by atoms with E-state index in [0.29, 0.717) is 18.9 Å². The number of hydrogen-bond donors (Lipinski definition) is 1. The van der Waals surface area contributed by atoms with Crippen LogP contribution in [0.2, 0.25) is 0 Å². The third-order valence-electron chi connectivity index (χ3n) is 5.14. The van der Waals surface area contributed by atoms with Crippen LogP contribution in [-0.2, 0) is 9.53 Å². The van der Waals surface area contributed by atoms with E-state index in [1.807, 2.05) is 47.4 Å². The molecule has 0 spiro atoms. The predicted octanol–water partition coefficient (Wildman–Crippen LogP) is 4.42. The molecule has 0 radical (unpaired) electrons. The Bertz CT molecular complexity index is 1170. The smallest absolute Gasteiger partial charge is 0.334 e. The minimum atomic E-state index is -0.951. The highest BCUT2D eigenvalue weighted by Gasteiger charge is 2.29. The van der Waals surface area contributed by atoms with Gasteiger partial charge >= 0.3 is 5.97 Å². The Hall–Kier alpha value is -3.49. The molecule has 1 saturated heterocycles. The molecule has 1 aliphatic heterocycles. The molecule has 1 N–H and O–H groups in total. The topological polar surface area (TPSA) is 88.7 Å². The highest BCUT2D eigenvalue weighted by Crippen LogP contribution is 2.41. The third-order valence-corrected chi connectivity index (χ3v) is 6.30. The lowest BCUT2D eigenvalue weighted by Gasteiger charge is -2.30. The van der Waals surface area contributed by atoms with E-state index in [2.05, 4.69) is 17.1 Å². The van der Waals surface area contributed by atoms with E-state index in [0.717, 1.165) is 32.4 Å². The van der Waals surface area contributed by atoms with Crippen LogP contribution < -0.4 is 4.90 Å². The van der Waals surface area contributed by atoms with Crippen molar-refractivity contribution < 1.29 is 19.1 Å². The Labute approximate surface area is 182 Å². The molecule has 1 atom stereocenters. The molecule has 0 bridgehead atoms. The van der Waals surface area contributed by atoms with E-state index in [1.165, 1.54) is 6.39 Å². The number of carboxylic acids is 1. The molecule has 1 unspecified atom stereocenters. The number of morpholine rings is 1. The number of anilines is 1. The molecule has 7 nitrogen and oxygen atoms in total. The minimum absolute atomic E-state index is 0.279. The Morgan fingerprint density at radius 1 is 1.06 bits per heavy atom. The van der Waals surface area contributed by atoms with Crippen molar-refractivity contribution in [2.75, 3.05) is 24.6 Å². The summed E-state index contributed by atoms with van der Waals surface area (Å²) in [5, 5.41) is 10.1. The fraction of sp³-hybridized carbons (Fsp3) is 0.174. The summed E-state index contributed by atoms with van der Waals surface area (Å²) in [6, 6.07) is 18.1. The van der Waals surface area contributed by atoms with Gasteiger partial charge in [0.15, 0.2) is 23.4 Å². The van der Waals surface area contributed by atoms with Crippen LogP contribution in [0, 0.1) is 0 Å². The van der Waals surface area contributed by atoms with Crippen LogP contribution in [0.15, 0.2) is 71.6 Å². The molecule has 2 aromatic carbocycles. The van der Waals surface area contributed by atoms with Crippen LogP contribution in [0.3, 0.4) is 0 Å². The highest BCUT2D eigenvalue weighted by atomic mass is 32.1. The molecule has 5 rings (SSSR count). The number of oxazole rings is 1. The highest BCUT2D eigenvalue weighted by molar-refractivity contribution is 7.19. The zero-order valence-electron chi connectivity index (χ0n) is 16.5. The first-order valence-electron chi connectivity index (χ1n) is 9.84. The van der Waals surface area contributed by atoms with Gasteiger partial charge in [-0.3, -0.25) is 0 Å². The summed E-state index contributed by atoms with van der Waals surface area (Å²) in [6.07, 6.45) is 2.25. The maximum atomic E-state index is 11.4. The Morgan fingerprint density at radius 3 is 2.55 bits per heavy atom. The van der Waals surface area contributed by atoms with E-state index in [1.54, 1.807) is 17.5 Å². The van der Waals surface area contributed by atoms with Gasteiger partial charge in [-0.25, -0.2) is 14.8 Å². The summed E-state index contributed by atoms with van der Waals surface area (Å²) in [5.74, 6) is -0.241. The fourth-order valence-corrected chi connectivity index (χ4v) is 4.68. The summed E-state index contributed by atoms with van der Waals surface area (Å²) in [4.78, 5) is 23.3. The summed E-state index contributed by atoms with van der Waals surface area (Å²) >= 11 is 1.57. The van der Waals surface area contributed by atoms with Crippen molar-refractivity contribution in [2.45, 2.75) is 6.10 Å². The van der Waals surface area contributed by atoms with Gasteiger partial charge in [-0.15, -0.1) is 0 Å². The first kappa shape index (κ1) is 19.5. The first-order chi connectivity index (χ1) is 15.2. The van der Waals surface area contributed by atoms with Gasteiger partial charge in [0.05, 0.1) is 29.9 Å². The van der Waals surface area contributed by atoms with Crippen molar-refractivity contribution >= 4 is 22.4 Å². The van der Waals surface area contributed by atoms with E-state index >= 15 is 0 Å². The molecule has 2 aromatic heterocycles. The number of hydrogen-bond acceptors (Lipinski definition) is 7. The van der Waals surface area contributed by atoms with Crippen LogP contribution >= 0.6 is 11.3 Å². The van der Waals surface area contributed by atoms with Crippen LogP contribution in [-0.4, -0.2) is 46.8 Å². The van der Waals surface area contributed by atoms with Crippen LogP contribution in [0.1, 0.15) is 0 Å². The van der Waals surface area contributed by atoms with Gasteiger partial charge in [0, 0.05) is 17.7 Å². The SMILES string of the molecule is O=C(O)C1CN(c2nc(-c3ccc(-c4cnco4)cc3)c(-c3ccccc3)s2)CCO1. The predicted molar refractivity (Wildman–Crippen MR) is 118 cm³/mol. The van der Waals surface area contributed by atoms with Crippen LogP contribution in [0.5, 0.6) is 0 Å². The summed E-state index contributed by atoms with van der Waals surface area (Å²) < 4.78 is 10.7. The van der Waals surface area contributed by atoms with Gasteiger partial charge in [-0.2, -0.15) is 0 Å². The van der Waals surface area contributed by atoms with Gasteiger partial charge in [0.1, 0.15) is 0 Å². The van der Waals surface area contributed by atoms with Gasteiger partial charge in [-0.05, 0) is 5.56 Å². The molecule has 0 aliphatic carbocycles. The fourth-order valence-electron chi connectivity index (χ4n) is 3.55. The summed E-state index contributed by atoms with van der Waals surface area (Å²) in [7, 11) is 0. The van der Waals surface area contributed by atoms with Crippen molar-refractivity contribution in [3.8, 4) is 33.0 Å². The monoisotopic (exact) mass is 433 g/mol. The molecule has 31 heavy (non-hydrogen) atoms. The molecule has 0 saturated carbocycles. The van der Waals surface area contributed by atoms with Crippen LogP contribution in [0.25, 0.3) is 33.0 Å². The number of carboxylic acid groups (broad SMARTS) is 1. The van der Waals surface area contributed by atoms with Gasteiger partial charge in [-0.1, -0.05) is 65.9 Å². The normalized spacial score (nSPS) is 16.4. The standard InChI is InChI=1S/C23H19N3O4S/c27-22(28)19-13-26(10-11-29-19)23-25-20(21(31-23)17-4-2-1-3-5-17)16-8-6-15(7-9-16)18-12-24-14-30-18/h1-9,12,14,19H,10-11,13H2,(H,27,28). The number of nitrogens with zero attached hydrogens (tertiary/aromatic N) is 3. The molecule has 0 amide bonds. The molecular formula is C23H19N3O4S. The minimum Gasteiger partial charge on any atom is -0.479 e. The van der Waals surface area contributed by atoms with Crippen molar-refractivity contribution in [1.29, 1.82) is 0 Å².